The summed E-state index contributed by atoms with van der Waals surface area (Å²) in [6, 6.07) is 2.18. The predicted octanol–water partition coefficient (Wildman–Crippen LogP) is 6.52. The van der Waals surface area contributed by atoms with Crippen LogP contribution in [0.3, 0.4) is 0 Å². The molecule has 1 fully saturated rings. The van der Waals surface area contributed by atoms with Gasteiger partial charge < -0.3 is 9.64 Å². The molecule has 1 N–H and O–H groups in total. The van der Waals surface area contributed by atoms with E-state index in [1.807, 2.05) is 32.1 Å². The number of methoxy groups -OCH3 is 1. The number of nitrogens with zero attached hydrogens (tertiary/aromatic N) is 1. The van der Waals surface area contributed by atoms with Gasteiger partial charge in [-0.15, -0.1) is 0 Å². The fourth-order valence-electron chi connectivity index (χ4n) is 4.76. The lowest BCUT2D eigenvalue weighted by Gasteiger charge is -2.34. The van der Waals surface area contributed by atoms with Gasteiger partial charge in [-0.1, -0.05) is 55.2 Å². The summed E-state index contributed by atoms with van der Waals surface area (Å²) in [7, 11) is -2.34. The number of hydrogen-bond donors (Lipinski definition) is 1. The molecular formula is C30H43NO5S. The zero-order valence-electron chi connectivity index (χ0n) is 23.2. The maximum absolute atomic E-state index is 13.1. The van der Waals surface area contributed by atoms with Gasteiger partial charge in [0, 0.05) is 18.7 Å². The van der Waals surface area contributed by atoms with Crippen molar-refractivity contribution in [3.05, 3.63) is 69.8 Å². The standard InChI is InChI=1S/C30H43NO5S/c1-22(16-17-28-24(3)21-29(36-6)26(5)25(28)4)12-10-13-23(2)20-30(32)31(18-11-19-37(33,34)35)27-14-8-7-9-15-27/h10,12-13,16-17,20-21,27H,7-9,11,14-15,18-19H2,1-6H3,(H,33,34,35)/b13-10+,17-16+,22-12+,23-20+. The summed E-state index contributed by atoms with van der Waals surface area (Å²) in [5.74, 6) is 0.462. The number of ether oxygens (including phenoxy) is 1. The van der Waals surface area contributed by atoms with Crippen LogP contribution in [0.4, 0.5) is 0 Å². The maximum Gasteiger partial charge on any atom is 0.264 e. The Hall–Kier alpha value is -2.64. The average Bonchev–Trinajstić information content (AvgIpc) is 2.83. The minimum absolute atomic E-state index is 0.106. The van der Waals surface area contributed by atoms with Crippen LogP contribution in [0.15, 0.2) is 47.6 Å². The molecule has 1 amide bonds. The SMILES string of the molecule is COc1cc(C)c(/C=C/C(C)=C/C=C/C(C)=C/C(=O)N(CCCS(=O)(=O)O)C2CCCCC2)c(C)c1C. The minimum Gasteiger partial charge on any atom is -0.496 e. The Morgan fingerprint density at radius 3 is 2.38 bits per heavy atom. The molecule has 0 bridgehead atoms. The van der Waals surface area contributed by atoms with Crippen molar-refractivity contribution < 1.29 is 22.5 Å². The van der Waals surface area contributed by atoms with Crippen molar-refractivity contribution in [1.29, 1.82) is 0 Å². The van der Waals surface area contributed by atoms with Gasteiger partial charge in [-0.2, -0.15) is 8.42 Å². The molecule has 1 aliphatic carbocycles. The number of rotatable bonds is 11. The lowest BCUT2D eigenvalue weighted by molar-refractivity contribution is -0.129. The highest BCUT2D eigenvalue weighted by Crippen LogP contribution is 2.28. The summed E-state index contributed by atoms with van der Waals surface area (Å²) in [6.07, 6.45) is 17.1. The van der Waals surface area contributed by atoms with Crippen LogP contribution in [0.2, 0.25) is 0 Å². The summed E-state index contributed by atoms with van der Waals surface area (Å²) >= 11 is 0. The van der Waals surface area contributed by atoms with Gasteiger partial charge in [0.25, 0.3) is 10.1 Å². The summed E-state index contributed by atoms with van der Waals surface area (Å²) in [4.78, 5) is 14.9. The highest BCUT2D eigenvalue weighted by atomic mass is 32.2. The molecule has 37 heavy (non-hydrogen) atoms. The molecule has 0 saturated heterocycles. The molecule has 0 aliphatic heterocycles. The first kappa shape index (κ1) is 30.6. The van der Waals surface area contributed by atoms with E-state index in [0.29, 0.717) is 6.54 Å². The van der Waals surface area contributed by atoms with E-state index in [1.165, 1.54) is 17.5 Å². The Morgan fingerprint density at radius 1 is 1.08 bits per heavy atom. The number of allylic oxidation sites excluding steroid dienone is 6. The fourth-order valence-corrected chi connectivity index (χ4v) is 5.26. The molecule has 0 radical (unpaired) electrons. The number of carbonyl (C=O) groups excluding carboxylic acids is 1. The Bertz CT molecular complexity index is 1170. The third kappa shape index (κ3) is 9.97. The molecule has 0 heterocycles. The van der Waals surface area contributed by atoms with E-state index in [2.05, 4.69) is 39.0 Å². The van der Waals surface area contributed by atoms with Crippen LogP contribution in [0, 0.1) is 20.8 Å². The fraction of sp³-hybridized carbons (Fsp3) is 0.500. The van der Waals surface area contributed by atoms with E-state index in [-0.39, 0.29) is 24.1 Å². The summed E-state index contributed by atoms with van der Waals surface area (Å²) in [5, 5.41) is 0. The molecule has 1 aliphatic rings. The predicted molar refractivity (Wildman–Crippen MR) is 153 cm³/mol. The minimum atomic E-state index is -4.03. The lowest BCUT2D eigenvalue weighted by Crippen LogP contribution is -2.41. The first-order valence-corrected chi connectivity index (χ1v) is 14.7. The molecule has 2 rings (SSSR count). The van der Waals surface area contributed by atoms with E-state index in [0.717, 1.165) is 53.7 Å². The maximum atomic E-state index is 13.1. The quantitative estimate of drug-likeness (QED) is 0.200. The molecule has 6 nitrogen and oxygen atoms in total. The summed E-state index contributed by atoms with van der Waals surface area (Å²) in [5.41, 5.74) is 6.60. The molecule has 0 spiro atoms. The number of benzene rings is 1. The number of carbonyl (C=O) groups is 1. The highest BCUT2D eigenvalue weighted by Gasteiger charge is 2.24. The monoisotopic (exact) mass is 529 g/mol. The molecular weight excluding hydrogens is 486 g/mol. The van der Waals surface area contributed by atoms with Gasteiger partial charge in [0.2, 0.25) is 5.91 Å². The summed E-state index contributed by atoms with van der Waals surface area (Å²) < 4.78 is 36.8. The van der Waals surface area contributed by atoms with E-state index in [4.69, 9.17) is 9.29 Å². The van der Waals surface area contributed by atoms with E-state index in [1.54, 1.807) is 18.1 Å². The second-order valence-electron chi connectivity index (χ2n) is 10.0. The second-order valence-corrected chi connectivity index (χ2v) is 11.6. The van der Waals surface area contributed by atoms with Crippen molar-refractivity contribution in [2.75, 3.05) is 19.4 Å². The van der Waals surface area contributed by atoms with Crippen LogP contribution in [0.5, 0.6) is 5.75 Å². The van der Waals surface area contributed by atoms with Crippen LogP contribution in [-0.2, 0) is 14.9 Å². The van der Waals surface area contributed by atoms with Gasteiger partial charge in [-0.25, -0.2) is 0 Å². The molecule has 0 unspecified atom stereocenters. The first-order chi connectivity index (χ1) is 17.4. The van der Waals surface area contributed by atoms with E-state index in [9.17, 15) is 13.2 Å². The topological polar surface area (TPSA) is 83.9 Å². The van der Waals surface area contributed by atoms with Crippen molar-refractivity contribution in [1.82, 2.24) is 4.90 Å². The molecule has 0 atom stereocenters. The van der Waals surface area contributed by atoms with Crippen molar-refractivity contribution in [2.45, 2.75) is 79.2 Å². The van der Waals surface area contributed by atoms with Gasteiger partial charge >= 0.3 is 0 Å². The largest absolute Gasteiger partial charge is 0.496 e. The molecule has 0 aromatic heterocycles. The van der Waals surface area contributed by atoms with Gasteiger partial charge in [-0.3, -0.25) is 9.35 Å². The van der Waals surface area contributed by atoms with Crippen molar-refractivity contribution in [3.8, 4) is 5.75 Å². The Balaban J connectivity index is 2.09. The Morgan fingerprint density at radius 2 is 1.76 bits per heavy atom. The van der Waals surface area contributed by atoms with Gasteiger partial charge in [-0.05, 0) is 87.8 Å². The molecule has 204 valence electrons. The van der Waals surface area contributed by atoms with Crippen molar-refractivity contribution >= 4 is 22.1 Å². The van der Waals surface area contributed by atoms with Gasteiger partial charge in [0.1, 0.15) is 5.75 Å². The molecule has 1 aromatic carbocycles. The van der Waals surface area contributed by atoms with Crippen LogP contribution < -0.4 is 4.74 Å². The average molecular weight is 530 g/mol. The first-order valence-electron chi connectivity index (χ1n) is 13.0. The molecule has 1 saturated carbocycles. The molecule has 7 heteroatoms. The number of hydrogen-bond acceptors (Lipinski definition) is 4. The third-order valence-corrected chi connectivity index (χ3v) is 7.82. The lowest BCUT2D eigenvalue weighted by atomic mass is 9.94. The van der Waals surface area contributed by atoms with Crippen molar-refractivity contribution in [2.24, 2.45) is 0 Å². The normalized spacial score (nSPS) is 16.1. The van der Waals surface area contributed by atoms with Crippen LogP contribution in [-0.4, -0.2) is 49.2 Å². The summed E-state index contributed by atoms with van der Waals surface area (Å²) in [6.45, 7) is 10.5. The highest BCUT2D eigenvalue weighted by molar-refractivity contribution is 7.85. The van der Waals surface area contributed by atoms with Crippen LogP contribution >= 0.6 is 0 Å². The Kier molecular flexibility index (Phi) is 11.9. The zero-order chi connectivity index (χ0) is 27.6. The van der Waals surface area contributed by atoms with Gasteiger partial charge in [0.15, 0.2) is 0 Å². The van der Waals surface area contributed by atoms with E-state index < -0.39 is 10.1 Å². The smallest absolute Gasteiger partial charge is 0.264 e. The van der Waals surface area contributed by atoms with Gasteiger partial charge in [0.05, 0.1) is 12.9 Å². The van der Waals surface area contributed by atoms with Crippen LogP contribution in [0.1, 0.15) is 74.6 Å². The number of aryl methyl sites for hydroxylation is 1. The number of amides is 1. The van der Waals surface area contributed by atoms with Crippen LogP contribution in [0.25, 0.3) is 6.08 Å². The molecule has 1 aromatic rings. The Labute approximate surface area is 223 Å². The zero-order valence-corrected chi connectivity index (χ0v) is 24.0. The van der Waals surface area contributed by atoms with Crippen molar-refractivity contribution in [3.63, 3.8) is 0 Å². The van der Waals surface area contributed by atoms with E-state index >= 15 is 0 Å². The second kappa shape index (κ2) is 14.3. The third-order valence-electron chi connectivity index (χ3n) is 7.01.